The minimum atomic E-state index is -0.494. The molecule has 1 aliphatic rings. The van der Waals surface area contributed by atoms with Crippen LogP contribution in [0.4, 0.5) is 16.2 Å². The maximum Gasteiger partial charge on any atom is 0.411 e. The van der Waals surface area contributed by atoms with E-state index in [9.17, 15) is 9.59 Å². The number of carbonyl (C=O) groups excluding carboxylic acids is 2. The SMILES string of the molecule is CN(C(=O)C1CCOCC1)c1cccc(-c2cnc3ccc(NC(=O)OCC(C)(C)C)cn23)c1. The number of amides is 2. The van der Waals surface area contributed by atoms with Gasteiger partial charge < -0.3 is 14.4 Å². The summed E-state index contributed by atoms with van der Waals surface area (Å²) in [6.45, 7) is 7.61. The summed E-state index contributed by atoms with van der Waals surface area (Å²) >= 11 is 0. The molecule has 0 saturated carbocycles. The average molecular weight is 465 g/mol. The molecule has 0 aliphatic carbocycles. The largest absolute Gasteiger partial charge is 0.449 e. The lowest BCUT2D eigenvalue weighted by Gasteiger charge is -2.26. The summed E-state index contributed by atoms with van der Waals surface area (Å²) in [4.78, 5) is 31.4. The van der Waals surface area contributed by atoms with E-state index in [0.29, 0.717) is 25.5 Å². The van der Waals surface area contributed by atoms with E-state index in [-0.39, 0.29) is 17.2 Å². The number of fused-ring (bicyclic) bond motifs is 1. The molecule has 2 amide bonds. The Morgan fingerprint density at radius 2 is 1.97 bits per heavy atom. The molecule has 0 spiro atoms. The van der Waals surface area contributed by atoms with Crippen LogP contribution >= 0.6 is 0 Å². The molecule has 0 unspecified atom stereocenters. The molecule has 1 aliphatic heterocycles. The first kappa shape index (κ1) is 23.8. The Bertz CT molecular complexity index is 1180. The van der Waals surface area contributed by atoms with Gasteiger partial charge in [0.1, 0.15) is 5.65 Å². The number of carbonyl (C=O) groups is 2. The van der Waals surface area contributed by atoms with Crippen LogP contribution in [0.2, 0.25) is 0 Å². The van der Waals surface area contributed by atoms with Crippen molar-refractivity contribution in [2.45, 2.75) is 33.6 Å². The van der Waals surface area contributed by atoms with Gasteiger partial charge in [-0.3, -0.25) is 14.5 Å². The Hall–Kier alpha value is -3.39. The van der Waals surface area contributed by atoms with Crippen LogP contribution in [0.5, 0.6) is 0 Å². The van der Waals surface area contributed by atoms with Crippen LogP contribution in [0, 0.1) is 11.3 Å². The standard InChI is InChI=1S/C26H32N4O4/c1-26(2,3)17-34-25(32)28-20-8-9-23-27-15-22(30(23)16-20)19-6-5-7-21(14-19)29(4)24(31)18-10-12-33-13-11-18/h5-9,14-16,18H,10-13,17H2,1-4H3,(H,28,32). The van der Waals surface area contributed by atoms with Crippen LogP contribution in [-0.4, -0.2) is 48.3 Å². The summed E-state index contributed by atoms with van der Waals surface area (Å²) < 4.78 is 12.6. The highest BCUT2D eigenvalue weighted by atomic mass is 16.5. The summed E-state index contributed by atoms with van der Waals surface area (Å²) in [5.41, 5.74) is 3.85. The van der Waals surface area contributed by atoms with Gasteiger partial charge in [-0.05, 0) is 42.5 Å². The Balaban J connectivity index is 1.55. The lowest BCUT2D eigenvalue weighted by molar-refractivity contribution is -0.124. The second-order valence-corrected chi connectivity index (χ2v) is 9.89. The lowest BCUT2D eigenvalue weighted by Crippen LogP contribution is -2.35. The second-order valence-electron chi connectivity index (χ2n) is 9.89. The lowest BCUT2D eigenvalue weighted by atomic mass is 9.98. The summed E-state index contributed by atoms with van der Waals surface area (Å²) in [6.07, 6.45) is 4.62. The molecule has 1 saturated heterocycles. The number of nitrogens with one attached hydrogen (secondary N) is 1. The third-order valence-electron chi connectivity index (χ3n) is 5.82. The molecule has 180 valence electrons. The van der Waals surface area contributed by atoms with Crippen molar-refractivity contribution in [2.75, 3.05) is 37.1 Å². The number of nitrogens with zero attached hydrogens (tertiary/aromatic N) is 3. The molecule has 2 aromatic heterocycles. The van der Waals surface area contributed by atoms with Crippen LogP contribution < -0.4 is 10.2 Å². The number of benzene rings is 1. The van der Waals surface area contributed by atoms with Crippen LogP contribution in [-0.2, 0) is 14.3 Å². The van der Waals surface area contributed by atoms with Crippen molar-refractivity contribution in [1.82, 2.24) is 9.38 Å². The van der Waals surface area contributed by atoms with Gasteiger partial charge in [-0.25, -0.2) is 9.78 Å². The zero-order valence-corrected chi connectivity index (χ0v) is 20.2. The van der Waals surface area contributed by atoms with E-state index in [0.717, 1.165) is 35.4 Å². The highest BCUT2D eigenvalue weighted by Gasteiger charge is 2.25. The average Bonchev–Trinajstić information content (AvgIpc) is 3.25. The van der Waals surface area contributed by atoms with Crippen LogP contribution in [0.15, 0.2) is 48.8 Å². The fourth-order valence-corrected chi connectivity index (χ4v) is 3.92. The summed E-state index contributed by atoms with van der Waals surface area (Å²) in [7, 11) is 1.82. The molecule has 0 atom stereocenters. The van der Waals surface area contributed by atoms with Crippen molar-refractivity contribution in [3.63, 3.8) is 0 Å². The molecule has 1 fully saturated rings. The van der Waals surface area contributed by atoms with Gasteiger partial charge in [0.15, 0.2) is 0 Å². The van der Waals surface area contributed by atoms with Crippen LogP contribution in [0.1, 0.15) is 33.6 Å². The van der Waals surface area contributed by atoms with Crippen LogP contribution in [0.25, 0.3) is 16.9 Å². The first-order valence-corrected chi connectivity index (χ1v) is 11.6. The molecular formula is C26H32N4O4. The summed E-state index contributed by atoms with van der Waals surface area (Å²) in [6, 6.07) is 11.5. The molecule has 8 heteroatoms. The predicted octanol–water partition coefficient (Wildman–Crippen LogP) is 4.99. The first-order valence-electron chi connectivity index (χ1n) is 11.6. The molecule has 34 heavy (non-hydrogen) atoms. The van der Waals surface area contributed by atoms with Gasteiger partial charge in [0.25, 0.3) is 0 Å². The zero-order valence-electron chi connectivity index (χ0n) is 20.2. The number of hydrogen-bond donors (Lipinski definition) is 1. The minimum absolute atomic E-state index is 0.00938. The van der Waals surface area contributed by atoms with Crippen LogP contribution in [0.3, 0.4) is 0 Å². The first-order chi connectivity index (χ1) is 16.2. The van der Waals surface area contributed by atoms with Gasteiger partial charge in [-0.2, -0.15) is 0 Å². The van der Waals surface area contributed by atoms with E-state index < -0.39 is 6.09 Å². The predicted molar refractivity (Wildman–Crippen MR) is 132 cm³/mol. The Kier molecular flexibility index (Phi) is 6.88. The molecule has 4 rings (SSSR count). The van der Waals surface area contributed by atoms with E-state index in [4.69, 9.17) is 9.47 Å². The van der Waals surface area contributed by atoms with Gasteiger partial charge in [0.2, 0.25) is 5.91 Å². The number of imidazole rings is 1. The quantitative estimate of drug-likeness (QED) is 0.575. The molecule has 0 bridgehead atoms. The third kappa shape index (κ3) is 5.56. The maximum atomic E-state index is 13.0. The molecule has 1 aromatic carbocycles. The van der Waals surface area contributed by atoms with Crippen molar-refractivity contribution >= 4 is 29.0 Å². The summed E-state index contributed by atoms with van der Waals surface area (Å²) in [5.74, 6) is 0.101. The molecule has 8 nitrogen and oxygen atoms in total. The molecular weight excluding hydrogens is 432 g/mol. The maximum absolute atomic E-state index is 13.0. The topological polar surface area (TPSA) is 85.2 Å². The van der Waals surface area contributed by atoms with E-state index in [2.05, 4.69) is 10.3 Å². The second kappa shape index (κ2) is 9.85. The van der Waals surface area contributed by atoms with Crippen molar-refractivity contribution < 1.29 is 19.1 Å². The highest BCUT2D eigenvalue weighted by molar-refractivity contribution is 5.95. The molecule has 3 aromatic rings. The fourth-order valence-electron chi connectivity index (χ4n) is 3.92. The fraction of sp³-hybridized carbons (Fsp3) is 0.423. The number of aromatic nitrogens is 2. The van der Waals surface area contributed by atoms with Crippen molar-refractivity contribution in [1.29, 1.82) is 0 Å². The Morgan fingerprint density at radius 1 is 1.21 bits per heavy atom. The molecule has 0 radical (unpaired) electrons. The van der Waals surface area contributed by atoms with E-state index in [1.807, 2.05) is 68.7 Å². The van der Waals surface area contributed by atoms with Gasteiger partial charge in [0, 0.05) is 43.6 Å². The number of pyridine rings is 1. The van der Waals surface area contributed by atoms with E-state index in [1.54, 1.807) is 17.2 Å². The van der Waals surface area contributed by atoms with Gasteiger partial charge in [-0.1, -0.05) is 32.9 Å². The highest BCUT2D eigenvalue weighted by Crippen LogP contribution is 2.28. The number of rotatable bonds is 5. The Morgan fingerprint density at radius 3 is 2.71 bits per heavy atom. The number of anilines is 2. The number of hydrogen-bond acceptors (Lipinski definition) is 5. The van der Waals surface area contributed by atoms with E-state index >= 15 is 0 Å². The van der Waals surface area contributed by atoms with Crippen molar-refractivity contribution in [3.8, 4) is 11.3 Å². The normalized spacial score (nSPS) is 14.7. The smallest absolute Gasteiger partial charge is 0.411 e. The number of ether oxygens (including phenoxy) is 2. The van der Waals surface area contributed by atoms with Crippen molar-refractivity contribution in [2.24, 2.45) is 11.3 Å². The van der Waals surface area contributed by atoms with Gasteiger partial charge in [-0.15, -0.1) is 0 Å². The van der Waals surface area contributed by atoms with Crippen molar-refractivity contribution in [3.05, 3.63) is 48.8 Å². The Labute approximate surface area is 199 Å². The van der Waals surface area contributed by atoms with Gasteiger partial charge in [0.05, 0.1) is 24.2 Å². The third-order valence-corrected chi connectivity index (χ3v) is 5.82. The molecule has 1 N–H and O–H groups in total. The monoisotopic (exact) mass is 464 g/mol. The zero-order chi connectivity index (χ0) is 24.3. The summed E-state index contributed by atoms with van der Waals surface area (Å²) in [5, 5.41) is 2.78. The van der Waals surface area contributed by atoms with Gasteiger partial charge >= 0.3 is 6.09 Å². The van der Waals surface area contributed by atoms with E-state index in [1.165, 1.54) is 0 Å². The minimum Gasteiger partial charge on any atom is -0.449 e. The molecule has 3 heterocycles.